The molecule has 2 aromatic carbocycles. The molecule has 0 saturated heterocycles. The van der Waals surface area contributed by atoms with E-state index < -0.39 is 0 Å². The molecule has 0 aliphatic rings. The Morgan fingerprint density at radius 1 is 1.00 bits per heavy atom. The summed E-state index contributed by atoms with van der Waals surface area (Å²) in [6.45, 7) is 9.02. The van der Waals surface area contributed by atoms with Gasteiger partial charge in [-0.2, -0.15) is 0 Å². The molecule has 0 amide bonds. The number of halogens is 4. The molecule has 154 valence electrons. The Balaban J connectivity index is 0.00000196. The summed E-state index contributed by atoms with van der Waals surface area (Å²) in [5.74, 6) is 0.879. The highest BCUT2D eigenvalue weighted by Gasteiger charge is 2.11. The van der Waals surface area contributed by atoms with Crippen molar-refractivity contribution in [1.29, 1.82) is 0 Å². The van der Waals surface area contributed by atoms with E-state index in [2.05, 4.69) is 40.8 Å². The van der Waals surface area contributed by atoms with Crippen molar-refractivity contribution < 1.29 is 0 Å². The van der Waals surface area contributed by atoms with Gasteiger partial charge in [0.05, 0.1) is 21.1 Å². The van der Waals surface area contributed by atoms with Crippen LogP contribution in [-0.4, -0.2) is 34.1 Å². The molecule has 3 aromatic rings. The summed E-state index contributed by atoms with van der Waals surface area (Å²) in [5, 5.41) is 4.60. The molecule has 0 radical (unpaired) electrons. The van der Waals surface area contributed by atoms with Gasteiger partial charge in [-0.05, 0) is 42.9 Å². The van der Waals surface area contributed by atoms with E-state index in [1.807, 2.05) is 30.3 Å². The number of rotatable bonds is 8. The Morgan fingerprint density at radius 3 is 2.39 bits per heavy atom. The number of nitrogens with zero attached hydrogens (tertiary/aromatic N) is 3. The van der Waals surface area contributed by atoms with Crippen molar-refractivity contribution in [2.75, 3.05) is 25.0 Å². The number of imidazole rings is 1. The van der Waals surface area contributed by atoms with Crippen LogP contribution < -0.4 is 5.32 Å². The Kier molecular flexibility index (Phi) is 10.4. The maximum Gasteiger partial charge on any atom is 0.204 e. The lowest BCUT2D eigenvalue weighted by atomic mass is 10.2. The zero-order chi connectivity index (χ0) is 18.5. The van der Waals surface area contributed by atoms with Crippen molar-refractivity contribution in [3.8, 4) is 0 Å². The third-order valence-electron chi connectivity index (χ3n) is 4.62. The molecule has 4 nitrogen and oxygen atoms in total. The van der Waals surface area contributed by atoms with E-state index in [1.54, 1.807) is 0 Å². The molecule has 8 heteroatoms. The number of aromatic nitrogens is 2. The fourth-order valence-corrected chi connectivity index (χ4v) is 3.37. The second kappa shape index (κ2) is 11.7. The van der Waals surface area contributed by atoms with Gasteiger partial charge < -0.3 is 14.8 Å². The smallest absolute Gasteiger partial charge is 0.204 e. The molecule has 0 unspecified atom stereocenters. The molecular weight excluding hydrogens is 438 g/mol. The number of para-hydroxylation sites is 2. The Bertz CT molecular complexity index is 878. The zero-order valence-electron chi connectivity index (χ0n) is 16.0. The third kappa shape index (κ3) is 5.91. The van der Waals surface area contributed by atoms with Gasteiger partial charge in [0.25, 0.3) is 0 Å². The van der Waals surface area contributed by atoms with Gasteiger partial charge in [0.15, 0.2) is 0 Å². The number of anilines is 1. The summed E-state index contributed by atoms with van der Waals surface area (Å²) in [6, 6.07) is 13.9. The van der Waals surface area contributed by atoms with Gasteiger partial charge in [0, 0.05) is 19.6 Å². The van der Waals surface area contributed by atoms with Crippen LogP contribution in [0.4, 0.5) is 5.95 Å². The summed E-state index contributed by atoms with van der Waals surface area (Å²) < 4.78 is 2.26. The number of likely N-dealkylation sites (N-methyl/N-ethyl adjacent to an activating group) is 1. The monoisotopic (exact) mass is 462 g/mol. The molecule has 1 aromatic heterocycles. The van der Waals surface area contributed by atoms with Crippen LogP contribution in [0.1, 0.15) is 19.4 Å². The summed E-state index contributed by atoms with van der Waals surface area (Å²) in [7, 11) is 0. The van der Waals surface area contributed by atoms with Crippen LogP contribution in [0.2, 0.25) is 10.0 Å². The average molecular weight is 464 g/mol. The van der Waals surface area contributed by atoms with Gasteiger partial charge in [-0.25, -0.2) is 4.98 Å². The largest absolute Gasteiger partial charge is 0.352 e. The van der Waals surface area contributed by atoms with Crippen molar-refractivity contribution >= 4 is 65.0 Å². The summed E-state index contributed by atoms with van der Waals surface area (Å²) in [5.41, 5.74) is 3.22. The van der Waals surface area contributed by atoms with Crippen LogP contribution in [0.15, 0.2) is 42.5 Å². The van der Waals surface area contributed by atoms with Gasteiger partial charge in [-0.15, -0.1) is 24.8 Å². The van der Waals surface area contributed by atoms with Crippen molar-refractivity contribution in [2.45, 2.75) is 26.9 Å². The van der Waals surface area contributed by atoms with E-state index >= 15 is 0 Å². The van der Waals surface area contributed by atoms with E-state index in [-0.39, 0.29) is 24.8 Å². The highest BCUT2D eigenvalue weighted by molar-refractivity contribution is 6.42. The number of benzene rings is 2. The fourth-order valence-electron chi connectivity index (χ4n) is 3.05. The molecule has 1 N–H and O–H groups in total. The van der Waals surface area contributed by atoms with E-state index in [4.69, 9.17) is 28.2 Å². The quantitative estimate of drug-likeness (QED) is 0.435. The zero-order valence-corrected chi connectivity index (χ0v) is 19.1. The van der Waals surface area contributed by atoms with Crippen LogP contribution in [0.3, 0.4) is 0 Å². The van der Waals surface area contributed by atoms with Gasteiger partial charge >= 0.3 is 0 Å². The number of hydrogen-bond donors (Lipinski definition) is 1. The predicted molar refractivity (Wildman–Crippen MR) is 126 cm³/mol. The van der Waals surface area contributed by atoms with E-state index in [9.17, 15) is 0 Å². The first-order valence-electron chi connectivity index (χ1n) is 8.97. The van der Waals surface area contributed by atoms with Gasteiger partial charge in [0.2, 0.25) is 5.95 Å². The topological polar surface area (TPSA) is 33.1 Å². The summed E-state index contributed by atoms with van der Waals surface area (Å²) in [4.78, 5) is 7.19. The Labute approximate surface area is 189 Å². The van der Waals surface area contributed by atoms with Gasteiger partial charge in [0.1, 0.15) is 0 Å². The average Bonchev–Trinajstić information content (AvgIpc) is 3.01. The first-order valence-corrected chi connectivity index (χ1v) is 9.73. The van der Waals surface area contributed by atoms with Crippen LogP contribution >= 0.6 is 48.0 Å². The van der Waals surface area contributed by atoms with Gasteiger partial charge in [-0.1, -0.05) is 55.2 Å². The summed E-state index contributed by atoms with van der Waals surface area (Å²) in [6.07, 6.45) is 0. The normalized spacial score (nSPS) is 10.6. The molecule has 0 atom stereocenters. The first kappa shape index (κ1) is 24.9. The molecule has 0 aliphatic carbocycles. The molecule has 28 heavy (non-hydrogen) atoms. The molecule has 0 aliphatic heterocycles. The lowest BCUT2D eigenvalue weighted by molar-refractivity contribution is 0.292. The SMILES string of the molecule is CCN(CC)CCn1c(NCc2ccc(Cl)c(Cl)c2)nc2ccccc21.Cl.Cl. The molecule has 0 saturated carbocycles. The van der Waals surface area contributed by atoms with Crippen LogP contribution in [-0.2, 0) is 13.1 Å². The second-order valence-electron chi connectivity index (χ2n) is 6.20. The van der Waals surface area contributed by atoms with Crippen LogP contribution in [0, 0.1) is 0 Å². The van der Waals surface area contributed by atoms with Crippen molar-refractivity contribution in [2.24, 2.45) is 0 Å². The number of nitrogens with one attached hydrogen (secondary N) is 1. The van der Waals surface area contributed by atoms with Gasteiger partial charge in [-0.3, -0.25) is 0 Å². The standard InChI is InChI=1S/C20H24Cl2N4.2ClH/c1-3-25(4-2)11-12-26-19-8-6-5-7-18(19)24-20(26)23-14-15-9-10-16(21)17(22)13-15;;/h5-10,13H,3-4,11-12,14H2,1-2H3,(H,23,24);2*1H. The highest BCUT2D eigenvalue weighted by atomic mass is 35.5. The molecule has 0 spiro atoms. The van der Waals surface area contributed by atoms with E-state index in [0.29, 0.717) is 16.6 Å². The summed E-state index contributed by atoms with van der Waals surface area (Å²) >= 11 is 12.1. The first-order chi connectivity index (χ1) is 12.6. The minimum Gasteiger partial charge on any atom is -0.352 e. The maximum absolute atomic E-state index is 6.12. The lowest BCUT2D eigenvalue weighted by Gasteiger charge is -2.19. The maximum atomic E-state index is 6.12. The van der Waals surface area contributed by atoms with Crippen LogP contribution in [0.25, 0.3) is 11.0 Å². The fraction of sp³-hybridized carbons (Fsp3) is 0.350. The highest BCUT2D eigenvalue weighted by Crippen LogP contribution is 2.24. The Hall–Kier alpha value is -1.17. The molecule has 3 rings (SSSR count). The van der Waals surface area contributed by atoms with Crippen molar-refractivity contribution in [3.05, 3.63) is 58.1 Å². The van der Waals surface area contributed by atoms with Crippen LogP contribution in [0.5, 0.6) is 0 Å². The molecular formula is C20H26Cl4N4. The second-order valence-corrected chi connectivity index (χ2v) is 7.02. The molecule has 0 bridgehead atoms. The predicted octanol–water partition coefficient (Wildman–Crippen LogP) is 6.14. The van der Waals surface area contributed by atoms with Crippen molar-refractivity contribution in [1.82, 2.24) is 14.5 Å². The molecule has 0 fully saturated rings. The minimum absolute atomic E-state index is 0. The lowest BCUT2D eigenvalue weighted by Crippen LogP contribution is -2.27. The third-order valence-corrected chi connectivity index (χ3v) is 5.36. The molecule has 1 heterocycles. The minimum atomic E-state index is 0. The number of fused-ring (bicyclic) bond motifs is 1. The number of hydrogen-bond acceptors (Lipinski definition) is 3. The van der Waals surface area contributed by atoms with E-state index in [0.717, 1.165) is 48.7 Å². The Morgan fingerprint density at radius 2 is 1.71 bits per heavy atom. The van der Waals surface area contributed by atoms with Crippen molar-refractivity contribution in [3.63, 3.8) is 0 Å². The van der Waals surface area contributed by atoms with E-state index in [1.165, 1.54) is 0 Å².